The highest BCUT2D eigenvalue weighted by Crippen LogP contribution is 2.16. The third-order valence-corrected chi connectivity index (χ3v) is 3.21. The molecule has 0 aromatic heterocycles. The fourth-order valence-electron chi connectivity index (χ4n) is 1.73. The van der Waals surface area contributed by atoms with Gasteiger partial charge in [0.05, 0.1) is 0 Å². The molecule has 2 N–H and O–H groups in total. The molecule has 0 aliphatic heterocycles. The van der Waals surface area contributed by atoms with Crippen molar-refractivity contribution < 1.29 is 9.90 Å². The van der Waals surface area contributed by atoms with Crippen LogP contribution in [0.5, 0.6) is 0 Å². The molecule has 0 unspecified atom stereocenters. The minimum atomic E-state index is -0.00308. The summed E-state index contributed by atoms with van der Waals surface area (Å²) in [7, 11) is 0. The van der Waals surface area contributed by atoms with E-state index in [9.17, 15) is 4.79 Å². The van der Waals surface area contributed by atoms with Gasteiger partial charge in [-0.3, -0.25) is 4.79 Å². The van der Waals surface area contributed by atoms with E-state index in [1.165, 1.54) is 16.7 Å². The first-order valence-electron chi connectivity index (χ1n) is 5.99. The Kier molecular flexibility index (Phi) is 5.16. The molecule has 1 amide bonds. The summed E-state index contributed by atoms with van der Waals surface area (Å²) in [6.07, 6.45) is 0.915. The molecule has 0 aliphatic carbocycles. The number of hydrogen-bond donors (Lipinski definition) is 2. The topological polar surface area (TPSA) is 49.3 Å². The van der Waals surface area contributed by atoms with Gasteiger partial charge in [-0.25, -0.2) is 0 Å². The van der Waals surface area contributed by atoms with Crippen LogP contribution in [0.2, 0.25) is 0 Å². The van der Waals surface area contributed by atoms with Gasteiger partial charge in [0, 0.05) is 19.6 Å². The third kappa shape index (κ3) is 3.86. The lowest BCUT2D eigenvalue weighted by Gasteiger charge is -2.12. The van der Waals surface area contributed by atoms with Crippen molar-refractivity contribution in [3.8, 4) is 0 Å². The van der Waals surface area contributed by atoms with E-state index in [0.29, 0.717) is 19.4 Å². The van der Waals surface area contributed by atoms with Crippen molar-refractivity contribution in [2.45, 2.75) is 40.2 Å². The predicted molar refractivity (Wildman–Crippen MR) is 68.8 cm³/mol. The van der Waals surface area contributed by atoms with Crippen LogP contribution in [-0.2, 0) is 11.3 Å². The third-order valence-electron chi connectivity index (χ3n) is 3.21. The average molecular weight is 235 g/mol. The second-order valence-corrected chi connectivity index (χ2v) is 4.40. The van der Waals surface area contributed by atoms with E-state index < -0.39 is 0 Å². The van der Waals surface area contributed by atoms with Gasteiger partial charge < -0.3 is 10.4 Å². The quantitative estimate of drug-likeness (QED) is 0.820. The first-order chi connectivity index (χ1) is 8.06. The highest BCUT2D eigenvalue weighted by atomic mass is 16.3. The minimum Gasteiger partial charge on any atom is -0.396 e. The maximum atomic E-state index is 11.4. The number of rotatable bonds is 5. The van der Waals surface area contributed by atoms with E-state index in [1.54, 1.807) is 0 Å². The summed E-state index contributed by atoms with van der Waals surface area (Å²) < 4.78 is 0. The number of aryl methyl sites for hydroxylation is 1. The largest absolute Gasteiger partial charge is 0.396 e. The molecular weight excluding hydrogens is 214 g/mol. The molecule has 3 nitrogen and oxygen atoms in total. The second-order valence-electron chi connectivity index (χ2n) is 4.40. The monoisotopic (exact) mass is 235 g/mol. The molecule has 0 spiro atoms. The van der Waals surface area contributed by atoms with Gasteiger partial charge in [0.2, 0.25) is 5.91 Å². The van der Waals surface area contributed by atoms with Gasteiger partial charge in [0.15, 0.2) is 0 Å². The molecule has 0 radical (unpaired) electrons. The van der Waals surface area contributed by atoms with Crippen molar-refractivity contribution in [2.24, 2.45) is 0 Å². The van der Waals surface area contributed by atoms with Crippen LogP contribution < -0.4 is 5.32 Å². The van der Waals surface area contributed by atoms with Crippen molar-refractivity contribution in [3.05, 3.63) is 34.4 Å². The van der Waals surface area contributed by atoms with E-state index in [-0.39, 0.29) is 12.5 Å². The normalized spacial score (nSPS) is 10.4. The maximum Gasteiger partial charge on any atom is 0.220 e. The van der Waals surface area contributed by atoms with Crippen molar-refractivity contribution in [2.75, 3.05) is 6.61 Å². The van der Waals surface area contributed by atoms with Crippen LogP contribution in [0.3, 0.4) is 0 Å². The molecule has 1 aromatic carbocycles. The van der Waals surface area contributed by atoms with E-state index in [2.05, 4.69) is 38.2 Å². The highest BCUT2D eigenvalue weighted by molar-refractivity contribution is 5.75. The van der Waals surface area contributed by atoms with E-state index in [0.717, 1.165) is 5.56 Å². The molecule has 17 heavy (non-hydrogen) atoms. The summed E-state index contributed by atoms with van der Waals surface area (Å²) in [5.74, 6) is -0.00308. The number of aliphatic hydroxyl groups excluding tert-OH is 1. The lowest BCUT2D eigenvalue weighted by atomic mass is 9.99. The van der Waals surface area contributed by atoms with Gasteiger partial charge in [0.25, 0.3) is 0 Å². The first kappa shape index (κ1) is 13.7. The van der Waals surface area contributed by atoms with Crippen LogP contribution in [0, 0.1) is 20.8 Å². The fraction of sp³-hybridized carbons (Fsp3) is 0.500. The Balaban J connectivity index is 2.58. The maximum absolute atomic E-state index is 11.4. The van der Waals surface area contributed by atoms with Crippen molar-refractivity contribution in [1.82, 2.24) is 5.32 Å². The van der Waals surface area contributed by atoms with Crippen LogP contribution in [0.15, 0.2) is 12.1 Å². The number of benzene rings is 1. The molecule has 94 valence electrons. The Labute approximate surface area is 103 Å². The lowest BCUT2D eigenvalue weighted by Crippen LogP contribution is -2.23. The predicted octanol–water partition coefficient (Wildman–Crippen LogP) is 2.00. The molecule has 0 fully saturated rings. The van der Waals surface area contributed by atoms with Crippen LogP contribution in [0.25, 0.3) is 0 Å². The number of carbonyl (C=O) groups is 1. The van der Waals surface area contributed by atoms with E-state index in [4.69, 9.17) is 5.11 Å². The van der Waals surface area contributed by atoms with Gasteiger partial charge in [-0.1, -0.05) is 12.1 Å². The Hall–Kier alpha value is -1.35. The van der Waals surface area contributed by atoms with Crippen molar-refractivity contribution in [1.29, 1.82) is 0 Å². The fourth-order valence-corrected chi connectivity index (χ4v) is 1.73. The zero-order valence-corrected chi connectivity index (χ0v) is 10.8. The van der Waals surface area contributed by atoms with Crippen LogP contribution in [-0.4, -0.2) is 17.6 Å². The second kappa shape index (κ2) is 6.40. The number of hydrogen-bond acceptors (Lipinski definition) is 2. The zero-order chi connectivity index (χ0) is 12.8. The minimum absolute atomic E-state index is 0.00308. The van der Waals surface area contributed by atoms with Crippen LogP contribution in [0.1, 0.15) is 35.1 Å². The molecule has 0 heterocycles. The van der Waals surface area contributed by atoms with Crippen molar-refractivity contribution >= 4 is 5.91 Å². The summed E-state index contributed by atoms with van der Waals surface area (Å²) in [5.41, 5.74) is 4.96. The molecule has 1 rings (SSSR count). The Bertz CT molecular complexity index is 399. The summed E-state index contributed by atoms with van der Waals surface area (Å²) in [5, 5.41) is 11.5. The lowest BCUT2D eigenvalue weighted by molar-refractivity contribution is -0.121. The molecule has 0 atom stereocenters. The van der Waals surface area contributed by atoms with Gasteiger partial charge in [0.1, 0.15) is 0 Å². The Morgan fingerprint density at radius 1 is 1.24 bits per heavy atom. The smallest absolute Gasteiger partial charge is 0.220 e. The Morgan fingerprint density at radius 3 is 2.59 bits per heavy atom. The number of nitrogens with one attached hydrogen (secondary N) is 1. The summed E-state index contributed by atoms with van der Waals surface area (Å²) in [6.45, 7) is 6.90. The van der Waals surface area contributed by atoms with Gasteiger partial charge >= 0.3 is 0 Å². The SMILES string of the molecule is Cc1ccc(CNC(=O)CCCO)c(C)c1C. The van der Waals surface area contributed by atoms with Gasteiger partial charge in [-0.2, -0.15) is 0 Å². The van der Waals surface area contributed by atoms with Gasteiger partial charge in [-0.15, -0.1) is 0 Å². The first-order valence-corrected chi connectivity index (χ1v) is 5.99. The standard InChI is InChI=1S/C14H21NO2/c1-10-6-7-13(12(3)11(10)2)9-15-14(17)5-4-8-16/h6-7,16H,4-5,8-9H2,1-3H3,(H,15,17). The molecule has 0 bridgehead atoms. The van der Waals surface area contributed by atoms with Crippen molar-refractivity contribution in [3.63, 3.8) is 0 Å². The average Bonchev–Trinajstić information content (AvgIpc) is 2.32. The molecular formula is C14H21NO2. The number of carbonyl (C=O) groups excluding carboxylic acids is 1. The highest BCUT2D eigenvalue weighted by Gasteiger charge is 2.05. The zero-order valence-electron chi connectivity index (χ0n) is 10.8. The number of aliphatic hydroxyl groups is 1. The number of amides is 1. The molecule has 3 heteroatoms. The Morgan fingerprint density at radius 2 is 1.94 bits per heavy atom. The van der Waals surface area contributed by atoms with Crippen LogP contribution >= 0.6 is 0 Å². The van der Waals surface area contributed by atoms with Crippen LogP contribution in [0.4, 0.5) is 0 Å². The molecule has 1 aromatic rings. The molecule has 0 saturated heterocycles. The summed E-state index contributed by atoms with van der Waals surface area (Å²) in [4.78, 5) is 11.4. The van der Waals surface area contributed by atoms with E-state index in [1.807, 2.05) is 0 Å². The van der Waals surface area contributed by atoms with E-state index >= 15 is 0 Å². The van der Waals surface area contributed by atoms with Gasteiger partial charge in [-0.05, 0) is 49.4 Å². The molecule has 0 saturated carbocycles. The summed E-state index contributed by atoms with van der Waals surface area (Å²) >= 11 is 0. The molecule has 0 aliphatic rings. The summed E-state index contributed by atoms with van der Waals surface area (Å²) in [6, 6.07) is 4.14.